The second kappa shape index (κ2) is 7.47. The van der Waals surface area contributed by atoms with E-state index in [0.717, 1.165) is 43.7 Å². The summed E-state index contributed by atoms with van der Waals surface area (Å²) in [5.41, 5.74) is 1.78. The highest BCUT2D eigenvalue weighted by Gasteiger charge is 2.35. The Bertz CT molecular complexity index is 1450. The fraction of sp³-hybridized carbons (Fsp3) is 0.222. The summed E-state index contributed by atoms with van der Waals surface area (Å²) in [7, 11) is 1.73. The van der Waals surface area contributed by atoms with Gasteiger partial charge in [0, 0.05) is 10.9 Å². The molecule has 1 radical (unpaired) electrons. The summed E-state index contributed by atoms with van der Waals surface area (Å²) in [6, 6.07) is 24.4. The van der Waals surface area contributed by atoms with Crippen molar-refractivity contribution in [1.82, 2.24) is 4.98 Å². The largest absolute Gasteiger partial charge is 0.435 e. The summed E-state index contributed by atoms with van der Waals surface area (Å²) in [5.74, 6) is 0.594. The van der Waals surface area contributed by atoms with E-state index in [-0.39, 0.29) is 0 Å². The number of hydrogen-bond acceptors (Lipinski definition) is 4. The molecule has 1 heterocycles. The second-order valence-electron chi connectivity index (χ2n) is 9.21. The molecule has 0 aliphatic rings. The average Bonchev–Trinajstić information content (AvgIpc) is 3.21. The number of rotatable bonds is 5. The first-order valence-electron chi connectivity index (χ1n) is 10.8. The molecule has 0 saturated carbocycles. The maximum absolute atomic E-state index is 10.4. The highest BCUT2D eigenvalue weighted by atomic mass is 16.5. The molecule has 0 spiro atoms. The quantitative estimate of drug-likeness (QED) is 0.374. The van der Waals surface area contributed by atoms with Gasteiger partial charge in [-0.15, -0.1) is 0 Å². The minimum Gasteiger partial charge on any atom is -0.435 e. The van der Waals surface area contributed by atoms with Crippen molar-refractivity contribution in [3.63, 3.8) is 0 Å². The molecule has 5 heteroatoms. The summed E-state index contributed by atoms with van der Waals surface area (Å²) in [5, 5.41) is 14.7. The number of fused-ring (bicyclic) bond motifs is 4. The van der Waals surface area contributed by atoms with Crippen LogP contribution in [0.3, 0.4) is 0 Å². The Morgan fingerprint density at radius 3 is 2.34 bits per heavy atom. The molecule has 0 saturated heterocycles. The molecule has 0 aliphatic heterocycles. The molecule has 159 valence electrons. The third-order valence-electron chi connectivity index (χ3n) is 6.42. The summed E-state index contributed by atoms with van der Waals surface area (Å²) in [6.07, 6.45) is 0. The molecule has 5 rings (SSSR count). The van der Waals surface area contributed by atoms with Crippen LogP contribution in [0, 0.1) is 0 Å². The summed E-state index contributed by atoms with van der Waals surface area (Å²) in [4.78, 5) is 4.79. The topological polar surface area (TPSA) is 55.5 Å². The standard InChI is InChI=1S/C27H25BNO3/c1-26(2,30)27(3,4)32-28-22-14-8-11-19-20(22)12-7-13-21(19)25-29-23-16-15-17-9-5-6-10-18(17)24(23)31-25/h5-16,30H,1-4H3. The molecule has 1 N–H and O–H groups in total. The summed E-state index contributed by atoms with van der Waals surface area (Å²) >= 11 is 0. The molecule has 0 bridgehead atoms. The molecule has 0 aliphatic carbocycles. The molecule has 1 aromatic heterocycles. The van der Waals surface area contributed by atoms with Crippen LogP contribution in [0.25, 0.3) is 44.1 Å². The third-order valence-corrected chi connectivity index (χ3v) is 6.42. The average molecular weight is 422 g/mol. The van der Waals surface area contributed by atoms with E-state index < -0.39 is 11.2 Å². The molecule has 4 nitrogen and oxygen atoms in total. The molecule has 4 aromatic carbocycles. The monoisotopic (exact) mass is 422 g/mol. The van der Waals surface area contributed by atoms with Gasteiger partial charge in [-0.25, -0.2) is 4.98 Å². The number of oxazole rings is 1. The van der Waals surface area contributed by atoms with E-state index in [1.807, 2.05) is 56.3 Å². The van der Waals surface area contributed by atoms with Crippen LogP contribution in [0.15, 0.2) is 77.2 Å². The number of hydrogen-bond donors (Lipinski definition) is 1. The van der Waals surface area contributed by atoms with Crippen LogP contribution in [0.2, 0.25) is 0 Å². The maximum Gasteiger partial charge on any atom is 0.331 e. The first kappa shape index (κ1) is 20.7. The van der Waals surface area contributed by atoms with E-state index in [1.165, 1.54) is 0 Å². The molecule has 0 unspecified atom stereocenters. The molecule has 0 fully saturated rings. The highest BCUT2D eigenvalue weighted by Crippen LogP contribution is 2.33. The van der Waals surface area contributed by atoms with Crippen molar-refractivity contribution in [3.05, 3.63) is 72.8 Å². The van der Waals surface area contributed by atoms with Gasteiger partial charge in [-0.1, -0.05) is 60.7 Å². The van der Waals surface area contributed by atoms with Crippen LogP contribution in [-0.4, -0.2) is 28.8 Å². The van der Waals surface area contributed by atoms with Crippen molar-refractivity contribution >= 4 is 45.6 Å². The lowest BCUT2D eigenvalue weighted by molar-refractivity contribution is -0.0893. The zero-order valence-electron chi connectivity index (χ0n) is 18.7. The number of aliphatic hydroxyl groups is 1. The molecule has 0 amide bonds. The molecular weight excluding hydrogens is 397 g/mol. The van der Waals surface area contributed by atoms with E-state index >= 15 is 0 Å². The Labute approximate surface area is 188 Å². The fourth-order valence-electron chi connectivity index (χ4n) is 3.75. The number of aromatic nitrogens is 1. The van der Waals surface area contributed by atoms with Gasteiger partial charge in [0.05, 0.1) is 11.2 Å². The van der Waals surface area contributed by atoms with Gasteiger partial charge in [0.2, 0.25) is 5.89 Å². The van der Waals surface area contributed by atoms with Crippen LogP contribution in [-0.2, 0) is 4.65 Å². The molecule has 32 heavy (non-hydrogen) atoms. The van der Waals surface area contributed by atoms with Crippen molar-refractivity contribution < 1.29 is 14.2 Å². The van der Waals surface area contributed by atoms with Gasteiger partial charge in [-0.2, -0.15) is 0 Å². The van der Waals surface area contributed by atoms with E-state index in [9.17, 15) is 5.11 Å². The van der Waals surface area contributed by atoms with Gasteiger partial charge in [0.25, 0.3) is 0 Å². The summed E-state index contributed by atoms with van der Waals surface area (Å²) in [6.45, 7) is 7.25. The second-order valence-corrected chi connectivity index (χ2v) is 9.21. The molecule has 5 aromatic rings. The zero-order chi connectivity index (χ0) is 22.5. The first-order valence-corrected chi connectivity index (χ1v) is 10.8. The van der Waals surface area contributed by atoms with Crippen LogP contribution in [0.1, 0.15) is 27.7 Å². The minimum absolute atomic E-state index is 0.594. The van der Waals surface area contributed by atoms with Gasteiger partial charge >= 0.3 is 7.48 Å². The Kier molecular flexibility index (Phi) is 4.84. The van der Waals surface area contributed by atoms with Crippen molar-refractivity contribution in [2.75, 3.05) is 0 Å². The van der Waals surface area contributed by atoms with E-state index in [1.54, 1.807) is 21.3 Å². The van der Waals surface area contributed by atoms with Crippen LogP contribution >= 0.6 is 0 Å². The number of benzene rings is 4. The Morgan fingerprint density at radius 1 is 0.812 bits per heavy atom. The maximum atomic E-state index is 10.4. The van der Waals surface area contributed by atoms with Gasteiger partial charge in [0.15, 0.2) is 5.58 Å². The number of nitrogens with zero attached hydrogens (tertiary/aromatic N) is 1. The lowest BCUT2D eigenvalue weighted by Crippen LogP contribution is -2.49. The lowest BCUT2D eigenvalue weighted by Gasteiger charge is -2.37. The van der Waals surface area contributed by atoms with Crippen molar-refractivity contribution in [2.45, 2.75) is 38.9 Å². The van der Waals surface area contributed by atoms with E-state index in [0.29, 0.717) is 5.89 Å². The van der Waals surface area contributed by atoms with Crippen LogP contribution < -0.4 is 5.46 Å². The minimum atomic E-state index is -0.986. The first-order chi connectivity index (χ1) is 15.2. The lowest BCUT2D eigenvalue weighted by atomic mass is 9.80. The Balaban J connectivity index is 1.59. The highest BCUT2D eigenvalue weighted by molar-refractivity contribution is 6.51. The Hall–Kier alpha value is -3.15. The van der Waals surface area contributed by atoms with Gasteiger partial charge in [-0.05, 0) is 61.4 Å². The predicted octanol–water partition coefficient (Wildman–Crippen LogP) is 5.61. The SMILES string of the molecule is CC(C)(O)C(C)(C)O[B]c1cccc2c(-c3nc4ccc5ccccc5c4o3)cccc12. The van der Waals surface area contributed by atoms with Crippen LogP contribution in [0.4, 0.5) is 0 Å². The smallest absolute Gasteiger partial charge is 0.331 e. The summed E-state index contributed by atoms with van der Waals surface area (Å²) < 4.78 is 12.3. The van der Waals surface area contributed by atoms with Crippen molar-refractivity contribution in [1.29, 1.82) is 0 Å². The van der Waals surface area contributed by atoms with Gasteiger partial charge < -0.3 is 14.2 Å². The predicted molar refractivity (Wildman–Crippen MR) is 131 cm³/mol. The van der Waals surface area contributed by atoms with E-state index in [2.05, 4.69) is 30.3 Å². The van der Waals surface area contributed by atoms with Crippen molar-refractivity contribution in [2.24, 2.45) is 0 Å². The fourth-order valence-corrected chi connectivity index (χ4v) is 3.75. The zero-order valence-corrected chi connectivity index (χ0v) is 18.7. The van der Waals surface area contributed by atoms with Gasteiger partial charge in [-0.3, -0.25) is 0 Å². The third kappa shape index (κ3) is 3.48. The van der Waals surface area contributed by atoms with Crippen LogP contribution in [0.5, 0.6) is 0 Å². The Morgan fingerprint density at radius 2 is 1.53 bits per heavy atom. The van der Waals surface area contributed by atoms with E-state index in [4.69, 9.17) is 14.1 Å². The normalized spacial score (nSPS) is 12.7. The molecule has 0 atom stereocenters. The van der Waals surface area contributed by atoms with Gasteiger partial charge in [0.1, 0.15) is 5.52 Å². The van der Waals surface area contributed by atoms with Crippen molar-refractivity contribution in [3.8, 4) is 11.5 Å². The molecular formula is C27H25BNO3.